The predicted octanol–water partition coefficient (Wildman–Crippen LogP) is 0.498. The average Bonchev–Trinajstić information content (AvgIpc) is 3.32. The third kappa shape index (κ3) is 6.52. The molecule has 226 valence electrons. The smallest absolute Gasteiger partial charge is 0.315 e. The van der Waals surface area contributed by atoms with Gasteiger partial charge in [-0.3, -0.25) is 14.4 Å². The van der Waals surface area contributed by atoms with Crippen LogP contribution in [-0.4, -0.2) is 111 Å². The van der Waals surface area contributed by atoms with Gasteiger partial charge in [0.1, 0.15) is 6.07 Å². The van der Waals surface area contributed by atoms with Crippen LogP contribution < -0.4 is 26.6 Å². The molecular weight excluding hydrogens is 540 g/mol. The van der Waals surface area contributed by atoms with Crippen molar-refractivity contribution in [1.29, 1.82) is 5.26 Å². The lowest BCUT2D eigenvalue weighted by molar-refractivity contribution is -0.143. The maximum atomic E-state index is 13.0. The summed E-state index contributed by atoms with van der Waals surface area (Å²) in [6, 6.07) is 5.93. The van der Waals surface area contributed by atoms with Crippen molar-refractivity contribution in [2.45, 2.75) is 55.3 Å². The molecule has 4 rings (SSSR count). The van der Waals surface area contributed by atoms with Crippen LogP contribution in [0, 0.1) is 11.3 Å². The zero-order chi connectivity index (χ0) is 30.5. The molecule has 3 fully saturated rings. The number of carbonyl (C=O) groups excluding carboxylic acids is 4. The van der Waals surface area contributed by atoms with Gasteiger partial charge in [-0.15, -0.1) is 0 Å². The van der Waals surface area contributed by atoms with Gasteiger partial charge in [0.25, 0.3) is 23.3 Å². The number of hydrogen-bond acceptors (Lipinski definition) is 9. The Kier molecular flexibility index (Phi) is 9.43. The third-order valence-electron chi connectivity index (χ3n) is 8.00. The van der Waals surface area contributed by atoms with Crippen molar-refractivity contribution in [2.75, 3.05) is 54.4 Å². The number of rotatable bonds is 12. The molecule has 14 heteroatoms. The molecule has 1 saturated carbocycles. The monoisotopic (exact) mass is 580 g/mol. The van der Waals surface area contributed by atoms with E-state index < -0.39 is 17.0 Å². The number of hydrogen-bond donors (Lipinski definition) is 5. The average molecular weight is 581 g/mol. The van der Waals surface area contributed by atoms with Gasteiger partial charge in [-0.2, -0.15) is 15.5 Å². The number of nitrogens with one attached hydrogen (secondary N) is 5. The summed E-state index contributed by atoms with van der Waals surface area (Å²) in [7, 11) is 7.80. The number of azo groups is 1. The lowest BCUT2D eigenvalue weighted by Gasteiger charge is -2.55. The summed E-state index contributed by atoms with van der Waals surface area (Å²) in [4.78, 5) is 54.8. The van der Waals surface area contributed by atoms with Crippen LogP contribution >= 0.6 is 0 Å². The third-order valence-corrected chi connectivity index (χ3v) is 8.00. The fourth-order valence-electron chi connectivity index (χ4n) is 5.70. The lowest BCUT2D eigenvalue weighted by atomic mass is 9.60. The van der Waals surface area contributed by atoms with Gasteiger partial charge in [0.2, 0.25) is 0 Å². The Labute approximate surface area is 245 Å². The molecule has 3 aliphatic rings. The second-order valence-electron chi connectivity index (χ2n) is 11.7. The molecule has 1 aromatic carbocycles. The minimum absolute atomic E-state index is 0.0827. The molecule has 0 bridgehead atoms. The number of urea groups is 1. The number of nitriles is 1. The van der Waals surface area contributed by atoms with E-state index in [9.17, 15) is 24.4 Å². The summed E-state index contributed by atoms with van der Waals surface area (Å²) in [5.74, 6) is -1.32. The summed E-state index contributed by atoms with van der Waals surface area (Å²) in [6.45, 7) is 2.50. The summed E-state index contributed by atoms with van der Waals surface area (Å²) < 4.78 is 0. The van der Waals surface area contributed by atoms with Crippen molar-refractivity contribution in [3.05, 3.63) is 29.3 Å². The molecule has 42 heavy (non-hydrogen) atoms. The van der Waals surface area contributed by atoms with Gasteiger partial charge >= 0.3 is 6.03 Å². The van der Waals surface area contributed by atoms with Crippen LogP contribution in [-0.2, 0) is 4.79 Å². The van der Waals surface area contributed by atoms with E-state index in [-0.39, 0.29) is 46.7 Å². The fraction of sp³-hybridized carbons (Fsp3) is 0.607. The van der Waals surface area contributed by atoms with Crippen molar-refractivity contribution in [3.8, 4) is 6.07 Å². The van der Waals surface area contributed by atoms with Gasteiger partial charge in [0.15, 0.2) is 0 Å². The summed E-state index contributed by atoms with van der Waals surface area (Å²) in [5.41, 5.74) is -2.19. The van der Waals surface area contributed by atoms with E-state index in [1.165, 1.54) is 18.2 Å². The SMILES string of the molecule is CN(C)CCCNC(=O)c1cc(N=NC2(C#N)C(=O)NC23CCC2NC(=O)NC2C3)cc(C(=O)NCCCN(C)C)c1. The van der Waals surface area contributed by atoms with Crippen LogP contribution in [0.3, 0.4) is 0 Å². The zero-order valence-corrected chi connectivity index (χ0v) is 24.6. The summed E-state index contributed by atoms with van der Waals surface area (Å²) >= 11 is 0. The number of benzene rings is 1. The van der Waals surface area contributed by atoms with Crippen LogP contribution in [0.25, 0.3) is 0 Å². The number of β-lactam (4-membered cyclic amide) rings is 1. The first-order chi connectivity index (χ1) is 20.0. The molecule has 2 aliphatic heterocycles. The molecule has 4 unspecified atom stereocenters. The van der Waals surface area contributed by atoms with Crippen molar-refractivity contribution in [1.82, 2.24) is 36.4 Å². The minimum Gasteiger partial charge on any atom is -0.352 e. The highest BCUT2D eigenvalue weighted by atomic mass is 16.2. The van der Waals surface area contributed by atoms with E-state index in [0.29, 0.717) is 32.4 Å². The zero-order valence-electron chi connectivity index (χ0n) is 24.6. The van der Waals surface area contributed by atoms with Crippen LogP contribution in [0.5, 0.6) is 0 Å². The molecule has 5 amide bonds. The quantitative estimate of drug-likeness (QED) is 0.135. The molecule has 5 N–H and O–H groups in total. The Morgan fingerprint density at radius 1 is 0.976 bits per heavy atom. The van der Waals surface area contributed by atoms with Crippen molar-refractivity contribution < 1.29 is 19.2 Å². The molecule has 14 nitrogen and oxygen atoms in total. The summed E-state index contributed by atoms with van der Waals surface area (Å²) in [6.07, 6.45) is 2.81. The molecule has 1 aromatic rings. The fourth-order valence-corrected chi connectivity index (χ4v) is 5.70. The van der Waals surface area contributed by atoms with Crippen LogP contribution in [0.15, 0.2) is 28.4 Å². The predicted molar refractivity (Wildman–Crippen MR) is 154 cm³/mol. The highest BCUT2D eigenvalue weighted by molar-refractivity contribution is 6.01. The second kappa shape index (κ2) is 12.8. The van der Waals surface area contributed by atoms with Crippen LogP contribution in [0.4, 0.5) is 10.5 Å². The van der Waals surface area contributed by atoms with Crippen molar-refractivity contribution in [2.24, 2.45) is 10.2 Å². The lowest BCUT2D eigenvalue weighted by Crippen LogP contribution is -2.82. The van der Waals surface area contributed by atoms with Gasteiger partial charge in [-0.1, -0.05) is 0 Å². The maximum absolute atomic E-state index is 13.0. The Bertz CT molecular complexity index is 1250. The van der Waals surface area contributed by atoms with Gasteiger partial charge in [0, 0.05) is 24.2 Å². The molecule has 1 aliphatic carbocycles. The van der Waals surface area contributed by atoms with E-state index in [1.54, 1.807) is 0 Å². The highest BCUT2D eigenvalue weighted by Crippen LogP contribution is 2.47. The standard InChI is InChI=1S/C28H40N10O4/c1-37(2)11-5-9-30-23(39)18-13-19(24(40)31-10-6-12-38(3)4)15-20(14-18)35-36-28(17-29)25(41)34-27(28)8-7-21-22(16-27)33-26(42)32-21/h13-15,21-22H,5-12,16H2,1-4H3,(H,30,39)(H,31,40)(H,34,41)(H2,32,33,42). The second-order valence-corrected chi connectivity index (χ2v) is 11.7. The van der Waals surface area contributed by atoms with E-state index in [0.717, 1.165) is 25.9 Å². The van der Waals surface area contributed by atoms with E-state index in [1.807, 2.05) is 38.0 Å². The van der Waals surface area contributed by atoms with E-state index in [2.05, 4.69) is 42.9 Å². The topological polar surface area (TPSA) is 183 Å². The summed E-state index contributed by atoms with van der Waals surface area (Å²) in [5, 5.41) is 33.0. The Hall–Kier alpha value is -4.09. The van der Waals surface area contributed by atoms with Gasteiger partial charge in [-0.25, -0.2) is 4.79 Å². The van der Waals surface area contributed by atoms with E-state index >= 15 is 0 Å². The van der Waals surface area contributed by atoms with Crippen molar-refractivity contribution >= 4 is 29.4 Å². The molecule has 1 spiro atoms. The molecular formula is C28H40N10O4. The minimum atomic E-state index is -1.80. The van der Waals surface area contributed by atoms with Gasteiger partial charge in [0.05, 0.1) is 23.3 Å². The molecule has 2 heterocycles. The van der Waals surface area contributed by atoms with Crippen LogP contribution in [0.2, 0.25) is 0 Å². The molecule has 2 saturated heterocycles. The largest absolute Gasteiger partial charge is 0.352 e. The van der Waals surface area contributed by atoms with Gasteiger partial charge in [-0.05, 0) is 91.6 Å². The van der Waals surface area contributed by atoms with Crippen molar-refractivity contribution in [3.63, 3.8) is 0 Å². The molecule has 4 atom stereocenters. The Morgan fingerprint density at radius 2 is 1.55 bits per heavy atom. The van der Waals surface area contributed by atoms with E-state index in [4.69, 9.17) is 0 Å². The Balaban J connectivity index is 1.57. The normalized spacial score (nSPS) is 26.3. The number of fused-ring (bicyclic) bond motifs is 1. The van der Waals surface area contributed by atoms with Gasteiger partial charge < -0.3 is 36.4 Å². The molecule has 0 aromatic heterocycles. The van der Waals surface area contributed by atoms with Crippen LogP contribution in [0.1, 0.15) is 52.8 Å². The maximum Gasteiger partial charge on any atom is 0.315 e. The highest BCUT2D eigenvalue weighted by Gasteiger charge is 2.70. The first-order valence-electron chi connectivity index (χ1n) is 14.2. The number of amides is 5. The Morgan fingerprint density at radius 3 is 2.07 bits per heavy atom. The molecule has 0 radical (unpaired) electrons. The number of carbonyl (C=O) groups is 4. The first-order valence-corrected chi connectivity index (χ1v) is 14.2. The number of nitrogens with zero attached hydrogens (tertiary/aromatic N) is 5. The first kappa shape index (κ1) is 30.9.